The van der Waals surface area contributed by atoms with Crippen molar-refractivity contribution in [1.29, 1.82) is 0 Å². The summed E-state index contributed by atoms with van der Waals surface area (Å²) < 4.78 is 1.78. The number of nitrogens with zero attached hydrogens (tertiary/aromatic N) is 3. The highest BCUT2D eigenvalue weighted by atomic mass is 16.1. The van der Waals surface area contributed by atoms with Crippen molar-refractivity contribution in [1.82, 2.24) is 14.5 Å². The predicted octanol–water partition coefficient (Wildman–Crippen LogP) is 4.22. The number of carbonyl (C=O) groups is 1. The van der Waals surface area contributed by atoms with Gasteiger partial charge in [-0.15, -0.1) is 0 Å². The molecule has 0 spiro atoms. The molecular formula is C26H30N4O2. The van der Waals surface area contributed by atoms with E-state index in [1.54, 1.807) is 22.8 Å². The predicted molar refractivity (Wildman–Crippen MR) is 127 cm³/mol. The number of amides is 1. The van der Waals surface area contributed by atoms with Gasteiger partial charge in [-0.25, -0.2) is 4.98 Å². The van der Waals surface area contributed by atoms with Crippen molar-refractivity contribution < 1.29 is 4.79 Å². The molecule has 0 aliphatic carbocycles. The SMILES string of the molecule is CC1CCN(Cc2ccc(NC(=O)c3ccc4c(=O)n5c(nc4c3)CCCC5)cc2)CC1. The minimum atomic E-state index is -0.190. The molecule has 0 unspecified atom stereocenters. The number of fused-ring (bicyclic) bond motifs is 2. The van der Waals surface area contributed by atoms with Crippen molar-refractivity contribution in [3.8, 4) is 0 Å². The monoisotopic (exact) mass is 430 g/mol. The molecule has 2 aliphatic heterocycles. The quantitative estimate of drug-likeness (QED) is 0.673. The number of anilines is 1. The largest absolute Gasteiger partial charge is 0.322 e. The van der Waals surface area contributed by atoms with Gasteiger partial charge in [-0.2, -0.15) is 0 Å². The maximum Gasteiger partial charge on any atom is 0.261 e. The van der Waals surface area contributed by atoms with Gasteiger partial charge in [-0.05, 0) is 80.6 Å². The molecule has 5 rings (SSSR count). The molecule has 6 nitrogen and oxygen atoms in total. The van der Waals surface area contributed by atoms with E-state index < -0.39 is 0 Å². The van der Waals surface area contributed by atoms with Crippen LogP contribution >= 0.6 is 0 Å². The maximum atomic E-state index is 12.8. The first-order valence-electron chi connectivity index (χ1n) is 11.7. The van der Waals surface area contributed by atoms with Crippen LogP contribution in [0.25, 0.3) is 10.9 Å². The summed E-state index contributed by atoms with van der Waals surface area (Å²) in [7, 11) is 0. The minimum Gasteiger partial charge on any atom is -0.322 e. The molecule has 2 aliphatic rings. The van der Waals surface area contributed by atoms with Crippen LogP contribution in [0.1, 0.15) is 54.4 Å². The van der Waals surface area contributed by atoms with Gasteiger partial charge in [0.1, 0.15) is 5.82 Å². The molecular weight excluding hydrogens is 400 g/mol. The number of hydrogen-bond acceptors (Lipinski definition) is 4. The lowest BCUT2D eigenvalue weighted by atomic mass is 9.99. The van der Waals surface area contributed by atoms with E-state index in [1.165, 1.54) is 18.4 Å². The molecule has 0 radical (unpaired) electrons. The van der Waals surface area contributed by atoms with E-state index in [0.29, 0.717) is 16.5 Å². The van der Waals surface area contributed by atoms with Crippen LogP contribution in [0.2, 0.25) is 0 Å². The van der Waals surface area contributed by atoms with E-state index in [9.17, 15) is 9.59 Å². The number of carbonyl (C=O) groups excluding carboxylic acids is 1. The molecule has 0 saturated carbocycles. The second-order valence-corrected chi connectivity index (χ2v) is 9.28. The van der Waals surface area contributed by atoms with Crippen LogP contribution in [0.4, 0.5) is 5.69 Å². The Labute approximate surface area is 188 Å². The summed E-state index contributed by atoms with van der Waals surface area (Å²) >= 11 is 0. The Bertz CT molecular complexity index is 1190. The summed E-state index contributed by atoms with van der Waals surface area (Å²) in [6, 6.07) is 13.3. The standard InChI is InChI=1S/C26H30N4O2/c1-18-11-14-29(15-12-18)17-19-5-8-21(9-6-19)27-25(31)20-7-10-22-23(16-20)28-24-4-2-3-13-30(24)26(22)32/h5-10,16,18H,2-4,11-15,17H2,1H3,(H,27,31). The number of piperidine rings is 1. The molecule has 0 bridgehead atoms. The van der Waals surface area contributed by atoms with Gasteiger partial charge in [0.2, 0.25) is 0 Å². The van der Waals surface area contributed by atoms with Crippen LogP contribution in [-0.2, 0) is 19.5 Å². The number of benzene rings is 2. The molecule has 2 aromatic carbocycles. The first-order valence-corrected chi connectivity index (χ1v) is 11.7. The van der Waals surface area contributed by atoms with Crippen molar-refractivity contribution in [3.63, 3.8) is 0 Å². The second-order valence-electron chi connectivity index (χ2n) is 9.28. The highest BCUT2D eigenvalue weighted by Crippen LogP contribution is 2.20. The lowest BCUT2D eigenvalue weighted by Gasteiger charge is -2.30. The molecule has 1 aromatic heterocycles. The van der Waals surface area contributed by atoms with Gasteiger partial charge in [0, 0.05) is 30.8 Å². The maximum absolute atomic E-state index is 12.8. The van der Waals surface area contributed by atoms with Gasteiger partial charge in [0.15, 0.2) is 0 Å². The van der Waals surface area contributed by atoms with Crippen LogP contribution in [0, 0.1) is 5.92 Å². The molecule has 6 heteroatoms. The average Bonchev–Trinajstić information content (AvgIpc) is 2.81. The normalized spacial score (nSPS) is 17.3. The second kappa shape index (κ2) is 8.87. The highest BCUT2D eigenvalue weighted by molar-refractivity contribution is 6.06. The Hall–Kier alpha value is -2.99. The fourth-order valence-electron chi connectivity index (χ4n) is 4.76. The molecule has 32 heavy (non-hydrogen) atoms. The van der Waals surface area contributed by atoms with Gasteiger partial charge in [-0.1, -0.05) is 19.1 Å². The van der Waals surface area contributed by atoms with Crippen LogP contribution in [-0.4, -0.2) is 33.4 Å². The Morgan fingerprint density at radius 3 is 2.62 bits per heavy atom. The number of likely N-dealkylation sites (tertiary alicyclic amines) is 1. The lowest BCUT2D eigenvalue weighted by molar-refractivity contribution is 0.102. The van der Waals surface area contributed by atoms with E-state index in [-0.39, 0.29) is 11.5 Å². The van der Waals surface area contributed by atoms with E-state index in [4.69, 9.17) is 0 Å². The van der Waals surface area contributed by atoms with E-state index in [0.717, 1.165) is 62.9 Å². The molecule has 1 amide bonds. The third-order valence-corrected chi connectivity index (χ3v) is 6.82. The number of aryl methyl sites for hydroxylation is 1. The molecule has 166 valence electrons. The molecule has 1 N–H and O–H groups in total. The summed E-state index contributed by atoms with van der Waals surface area (Å²) in [5, 5.41) is 3.55. The Balaban J connectivity index is 1.28. The van der Waals surface area contributed by atoms with Crippen LogP contribution in [0.5, 0.6) is 0 Å². The molecule has 1 saturated heterocycles. The van der Waals surface area contributed by atoms with Crippen molar-refractivity contribution in [2.45, 2.75) is 52.1 Å². The first kappa shape index (κ1) is 20.9. The van der Waals surface area contributed by atoms with Crippen molar-refractivity contribution >= 4 is 22.5 Å². The average molecular weight is 431 g/mol. The third-order valence-electron chi connectivity index (χ3n) is 6.82. The van der Waals surface area contributed by atoms with Crippen LogP contribution in [0.15, 0.2) is 47.3 Å². The van der Waals surface area contributed by atoms with Crippen LogP contribution in [0.3, 0.4) is 0 Å². The van der Waals surface area contributed by atoms with Crippen LogP contribution < -0.4 is 10.9 Å². The number of hydrogen-bond donors (Lipinski definition) is 1. The molecule has 3 aromatic rings. The first-order chi connectivity index (χ1) is 15.6. The lowest BCUT2D eigenvalue weighted by Crippen LogP contribution is -2.32. The summed E-state index contributed by atoms with van der Waals surface area (Å²) in [5.41, 5.74) is 3.14. The zero-order chi connectivity index (χ0) is 22.1. The summed E-state index contributed by atoms with van der Waals surface area (Å²) in [6.45, 7) is 6.32. The van der Waals surface area contributed by atoms with Gasteiger partial charge in [-0.3, -0.25) is 19.1 Å². The zero-order valence-electron chi connectivity index (χ0n) is 18.6. The fourth-order valence-corrected chi connectivity index (χ4v) is 4.76. The zero-order valence-corrected chi connectivity index (χ0v) is 18.6. The Morgan fingerprint density at radius 1 is 1.06 bits per heavy atom. The minimum absolute atomic E-state index is 0.00425. The highest BCUT2D eigenvalue weighted by Gasteiger charge is 2.17. The smallest absolute Gasteiger partial charge is 0.261 e. The van der Waals surface area contributed by atoms with E-state index in [1.807, 2.05) is 12.1 Å². The Kier molecular flexibility index (Phi) is 5.79. The van der Waals surface area contributed by atoms with Crippen molar-refractivity contribution in [2.24, 2.45) is 5.92 Å². The van der Waals surface area contributed by atoms with Crippen molar-refractivity contribution in [3.05, 3.63) is 69.8 Å². The van der Waals surface area contributed by atoms with Gasteiger partial charge in [0.05, 0.1) is 10.9 Å². The van der Waals surface area contributed by atoms with Gasteiger partial charge < -0.3 is 5.32 Å². The molecule has 3 heterocycles. The summed E-state index contributed by atoms with van der Waals surface area (Å²) in [6.07, 6.45) is 5.40. The van der Waals surface area contributed by atoms with E-state index in [2.05, 4.69) is 34.3 Å². The number of rotatable bonds is 4. The summed E-state index contributed by atoms with van der Waals surface area (Å²) in [4.78, 5) is 32.8. The Morgan fingerprint density at radius 2 is 1.84 bits per heavy atom. The number of nitrogens with one attached hydrogen (secondary N) is 1. The molecule has 1 fully saturated rings. The third kappa shape index (κ3) is 4.32. The van der Waals surface area contributed by atoms with Crippen molar-refractivity contribution in [2.75, 3.05) is 18.4 Å². The number of aromatic nitrogens is 2. The van der Waals surface area contributed by atoms with Gasteiger partial charge >= 0.3 is 0 Å². The summed E-state index contributed by atoms with van der Waals surface area (Å²) in [5.74, 6) is 1.47. The van der Waals surface area contributed by atoms with Gasteiger partial charge in [0.25, 0.3) is 11.5 Å². The topological polar surface area (TPSA) is 67.2 Å². The van der Waals surface area contributed by atoms with E-state index >= 15 is 0 Å². The fraction of sp³-hybridized carbons (Fsp3) is 0.423. The molecule has 0 atom stereocenters.